The van der Waals surface area contributed by atoms with Crippen LogP contribution >= 0.6 is 23.2 Å². The summed E-state index contributed by atoms with van der Waals surface area (Å²) >= 11 is 13.8. The second-order valence-corrected chi connectivity index (χ2v) is 8.45. The van der Waals surface area contributed by atoms with Crippen molar-refractivity contribution in [1.29, 1.82) is 0 Å². The second-order valence-electron chi connectivity index (χ2n) is 7.69. The fraction of sp³-hybridized carbons (Fsp3) is 0.0370. The first-order chi connectivity index (χ1) is 17.0. The summed E-state index contributed by atoms with van der Waals surface area (Å²) in [6.45, 7) is 0. The maximum Gasteiger partial charge on any atom is 0.224 e. The number of halogens is 2. The van der Waals surface area contributed by atoms with E-state index >= 15 is 0 Å². The molecule has 5 aromatic rings. The van der Waals surface area contributed by atoms with Gasteiger partial charge < -0.3 is 4.74 Å². The number of nitrogens with zero attached hydrogens (tertiary/aromatic N) is 3. The van der Waals surface area contributed by atoms with Crippen molar-refractivity contribution in [3.63, 3.8) is 0 Å². The van der Waals surface area contributed by atoms with Crippen molar-refractivity contribution in [2.45, 2.75) is 0 Å². The number of carbonyl (C=O) groups is 2. The van der Waals surface area contributed by atoms with Gasteiger partial charge in [0.05, 0.1) is 34.6 Å². The molecular weight excluding hydrogens is 485 g/mol. The molecule has 2 aromatic carbocycles. The van der Waals surface area contributed by atoms with Gasteiger partial charge in [-0.2, -0.15) is 0 Å². The van der Waals surface area contributed by atoms with Crippen LogP contribution in [0.15, 0.2) is 73.1 Å². The first-order valence-corrected chi connectivity index (χ1v) is 11.3. The van der Waals surface area contributed by atoms with Gasteiger partial charge in [0.1, 0.15) is 11.3 Å². The number of rotatable bonds is 6. The Morgan fingerprint density at radius 2 is 1.51 bits per heavy atom. The number of pyridine rings is 2. The summed E-state index contributed by atoms with van der Waals surface area (Å²) in [6.07, 6.45) is 4.82. The molecule has 0 bridgehead atoms. The highest BCUT2D eigenvalue weighted by Gasteiger charge is 2.17. The van der Waals surface area contributed by atoms with Crippen molar-refractivity contribution in [1.82, 2.24) is 14.4 Å². The highest BCUT2D eigenvalue weighted by Crippen LogP contribution is 2.42. The molecule has 3 heterocycles. The summed E-state index contributed by atoms with van der Waals surface area (Å²) in [5, 5.41) is 0.980. The fourth-order valence-electron chi connectivity index (χ4n) is 4.00. The molecule has 35 heavy (non-hydrogen) atoms. The molecule has 0 aliphatic carbocycles. The third-order valence-corrected chi connectivity index (χ3v) is 6.55. The third-order valence-electron chi connectivity index (χ3n) is 5.74. The highest BCUT2D eigenvalue weighted by molar-refractivity contribution is 6.39. The molecule has 0 radical (unpaired) electrons. The fourth-order valence-corrected chi connectivity index (χ4v) is 4.66. The predicted molar refractivity (Wildman–Crippen MR) is 137 cm³/mol. The smallest absolute Gasteiger partial charge is 0.224 e. The number of hydrogen-bond acceptors (Lipinski definition) is 5. The molecule has 0 N–H and O–H groups in total. The lowest BCUT2D eigenvalue weighted by atomic mass is 9.97. The Labute approximate surface area is 210 Å². The molecule has 6 nitrogen and oxygen atoms in total. The summed E-state index contributed by atoms with van der Waals surface area (Å²) in [4.78, 5) is 31.3. The van der Waals surface area contributed by atoms with Crippen LogP contribution in [0, 0.1) is 0 Å². The molecule has 3 aromatic heterocycles. The molecule has 0 unspecified atom stereocenters. The summed E-state index contributed by atoms with van der Waals surface area (Å²) in [6, 6.07) is 18.4. The first kappa shape index (κ1) is 22.8. The maximum atomic E-state index is 11.4. The van der Waals surface area contributed by atoms with E-state index in [1.54, 1.807) is 16.5 Å². The molecule has 5 rings (SSSR count). The second kappa shape index (κ2) is 9.33. The summed E-state index contributed by atoms with van der Waals surface area (Å²) < 4.78 is 6.97. The maximum absolute atomic E-state index is 11.4. The van der Waals surface area contributed by atoms with Gasteiger partial charge in [-0.15, -0.1) is 0 Å². The van der Waals surface area contributed by atoms with E-state index in [1.165, 1.54) is 13.3 Å². The van der Waals surface area contributed by atoms with Crippen LogP contribution in [-0.2, 0) is 0 Å². The number of benzene rings is 2. The quantitative estimate of drug-likeness (QED) is 0.243. The monoisotopic (exact) mass is 501 g/mol. The van der Waals surface area contributed by atoms with E-state index in [0.717, 1.165) is 28.5 Å². The van der Waals surface area contributed by atoms with E-state index in [0.29, 0.717) is 44.5 Å². The van der Waals surface area contributed by atoms with E-state index in [1.807, 2.05) is 54.7 Å². The Morgan fingerprint density at radius 1 is 0.829 bits per heavy atom. The third kappa shape index (κ3) is 3.97. The van der Waals surface area contributed by atoms with Gasteiger partial charge in [-0.05, 0) is 29.8 Å². The summed E-state index contributed by atoms with van der Waals surface area (Å²) in [5.74, 6) is 0.226. The van der Waals surface area contributed by atoms with E-state index in [9.17, 15) is 9.59 Å². The van der Waals surface area contributed by atoms with Crippen molar-refractivity contribution < 1.29 is 14.3 Å². The average Bonchev–Trinajstić information content (AvgIpc) is 3.31. The minimum atomic E-state index is 0.226. The van der Waals surface area contributed by atoms with Gasteiger partial charge in [0.25, 0.3) is 0 Å². The van der Waals surface area contributed by atoms with Crippen LogP contribution in [0.25, 0.3) is 39.2 Å². The molecule has 0 saturated heterocycles. The molecule has 0 fully saturated rings. The lowest BCUT2D eigenvalue weighted by Crippen LogP contribution is -1.96. The molecule has 0 saturated carbocycles. The standard InChI is InChI=1S/C27H17Cl2N3O3/c1-35-27-17(14-33)8-10-23(31-27)22-7-3-6-21(26(22)29)20-5-2-4-19(25(20)28)16-9-11-24-30-12-18(15-34)32(24)13-16/h2-15H,1H3. The number of hydrogen-bond donors (Lipinski definition) is 0. The highest BCUT2D eigenvalue weighted by atomic mass is 35.5. The Bertz CT molecular complexity index is 1610. The molecule has 172 valence electrons. The molecule has 0 aliphatic rings. The van der Waals surface area contributed by atoms with Crippen LogP contribution in [0.4, 0.5) is 0 Å². The summed E-state index contributed by atoms with van der Waals surface area (Å²) in [5.41, 5.74) is 5.81. The SMILES string of the molecule is COc1nc(-c2cccc(-c3cccc(-c4ccc5ncc(C=O)n5c4)c3Cl)c2Cl)ccc1C=O. The van der Waals surface area contributed by atoms with Crippen LogP contribution in [0.2, 0.25) is 10.0 Å². The van der Waals surface area contributed by atoms with Gasteiger partial charge >= 0.3 is 0 Å². The van der Waals surface area contributed by atoms with Crippen molar-refractivity contribution >= 4 is 41.4 Å². The Kier molecular flexibility index (Phi) is 6.07. The lowest BCUT2D eigenvalue weighted by Gasteiger charge is -2.14. The Balaban J connectivity index is 1.63. The van der Waals surface area contributed by atoms with Crippen molar-refractivity contribution in [2.24, 2.45) is 0 Å². The number of ether oxygens (including phenoxy) is 1. The molecular formula is C27H17Cl2N3O3. The van der Waals surface area contributed by atoms with Gasteiger partial charge in [0, 0.05) is 28.5 Å². The molecule has 8 heteroatoms. The van der Waals surface area contributed by atoms with Gasteiger partial charge in [0.15, 0.2) is 12.6 Å². The Morgan fingerprint density at radius 3 is 2.20 bits per heavy atom. The largest absolute Gasteiger partial charge is 0.480 e. The lowest BCUT2D eigenvalue weighted by molar-refractivity contribution is 0.111. The molecule has 0 aliphatic heterocycles. The van der Waals surface area contributed by atoms with Crippen LogP contribution in [0.3, 0.4) is 0 Å². The molecule has 0 atom stereocenters. The van der Waals surface area contributed by atoms with E-state index in [4.69, 9.17) is 27.9 Å². The predicted octanol–water partition coefficient (Wildman–Crippen LogP) is 6.67. The van der Waals surface area contributed by atoms with Crippen molar-refractivity contribution in [2.75, 3.05) is 7.11 Å². The van der Waals surface area contributed by atoms with Crippen molar-refractivity contribution in [3.05, 3.63) is 94.4 Å². The van der Waals surface area contributed by atoms with E-state index in [2.05, 4.69) is 9.97 Å². The van der Waals surface area contributed by atoms with Gasteiger partial charge in [0.2, 0.25) is 5.88 Å². The minimum Gasteiger partial charge on any atom is -0.480 e. The van der Waals surface area contributed by atoms with Crippen LogP contribution in [0.1, 0.15) is 20.8 Å². The number of aldehydes is 2. The molecule has 0 amide bonds. The number of fused-ring (bicyclic) bond motifs is 1. The Hall–Kier alpha value is -4.00. The van der Waals surface area contributed by atoms with Gasteiger partial charge in [-0.1, -0.05) is 59.6 Å². The zero-order valence-corrected chi connectivity index (χ0v) is 19.9. The normalized spacial score (nSPS) is 10.9. The van der Waals surface area contributed by atoms with Gasteiger partial charge in [-0.3, -0.25) is 14.0 Å². The van der Waals surface area contributed by atoms with E-state index < -0.39 is 0 Å². The average molecular weight is 502 g/mol. The van der Waals surface area contributed by atoms with Crippen LogP contribution in [-0.4, -0.2) is 34.1 Å². The minimum absolute atomic E-state index is 0.226. The number of methoxy groups -OCH3 is 1. The summed E-state index contributed by atoms with van der Waals surface area (Å²) in [7, 11) is 1.46. The first-order valence-electron chi connectivity index (χ1n) is 10.6. The number of imidazole rings is 1. The number of aromatic nitrogens is 3. The zero-order chi connectivity index (χ0) is 24.5. The van der Waals surface area contributed by atoms with Crippen LogP contribution in [0.5, 0.6) is 5.88 Å². The van der Waals surface area contributed by atoms with Gasteiger partial charge in [-0.25, -0.2) is 9.97 Å². The molecule has 0 spiro atoms. The number of carbonyl (C=O) groups excluding carboxylic acids is 2. The van der Waals surface area contributed by atoms with E-state index in [-0.39, 0.29) is 5.88 Å². The van der Waals surface area contributed by atoms with Crippen LogP contribution < -0.4 is 4.74 Å². The topological polar surface area (TPSA) is 73.6 Å². The zero-order valence-electron chi connectivity index (χ0n) is 18.4. The van der Waals surface area contributed by atoms with Crippen molar-refractivity contribution in [3.8, 4) is 39.4 Å².